The molecule has 0 atom stereocenters. The maximum Gasteiger partial charge on any atom is 0.291 e. The van der Waals surface area contributed by atoms with E-state index in [1.54, 1.807) is 13.2 Å². The zero-order chi connectivity index (χ0) is 11.0. The van der Waals surface area contributed by atoms with Crippen LogP contribution in [0.5, 0.6) is 0 Å². The first-order chi connectivity index (χ1) is 6.61. The van der Waals surface area contributed by atoms with Crippen molar-refractivity contribution in [2.24, 2.45) is 4.99 Å². The van der Waals surface area contributed by atoms with Crippen molar-refractivity contribution in [3.63, 3.8) is 0 Å². The maximum atomic E-state index is 8.36. The SMILES string of the molecule is CN=C(NC)c1ccn[nH]1.O=[N+]([O-])O. The molecule has 0 spiro atoms. The van der Waals surface area contributed by atoms with Gasteiger partial charge >= 0.3 is 0 Å². The minimum Gasteiger partial charge on any atom is -0.372 e. The average molecular weight is 201 g/mol. The quantitative estimate of drug-likeness (QED) is 0.248. The van der Waals surface area contributed by atoms with E-state index < -0.39 is 5.09 Å². The lowest BCUT2D eigenvalue weighted by atomic mass is 10.4. The number of nitrogens with zero attached hydrogens (tertiary/aromatic N) is 3. The molecule has 1 aromatic heterocycles. The van der Waals surface area contributed by atoms with Gasteiger partial charge in [-0.05, 0) is 6.07 Å². The number of hydrogen-bond acceptors (Lipinski definition) is 4. The Labute approximate surface area is 79.8 Å². The summed E-state index contributed by atoms with van der Waals surface area (Å²) in [6, 6.07) is 1.86. The zero-order valence-electron chi connectivity index (χ0n) is 7.76. The molecule has 1 aromatic rings. The third kappa shape index (κ3) is 4.70. The fourth-order valence-corrected chi connectivity index (χ4v) is 0.755. The fraction of sp³-hybridized carbons (Fsp3) is 0.333. The number of H-pyrrole nitrogens is 1. The van der Waals surface area contributed by atoms with E-state index in [0.717, 1.165) is 11.5 Å². The predicted molar refractivity (Wildman–Crippen MR) is 48.9 cm³/mol. The van der Waals surface area contributed by atoms with Crippen LogP contribution in [0.15, 0.2) is 17.3 Å². The molecule has 1 heterocycles. The Morgan fingerprint density at radius 1 is 1.86 bits per heavy atom. The smallest absolute Gasteiger partial charge is 0.291 e. The summed E-state index contributed by atoms with van der Waals surface area (Å²) in [6.07, 6.45) is 1.69. The molecular weight excluding hydrogens is 190 g/mol. The van der Waals surface area contributed by atoms with Gasteiger partial charge < -0.3 is 10.5 Å². The first kappa shape index (κ1) is 11.9. The van der Waals surface area contributed by atoms with Crippen LogP contribution in [0, 0.1) is 10.1 Å². The highest BCUT2D eigenvalue weighted by molar-refractivity contribution is 5.96. The summed E-state index contributed by atoms with van der Waals surface area (Å²) in [7, 11) is 3.55. The van der Waals surface area contributed by atoms with Gasteiger partial charge in [-0.15, -0.1) is 10.1 Å². The number of rotatable bonds is 1. The topological polar surface area (TPSA) is 116 Å². The van der Waals surface area contributed by atoms with Crippen molar-refractivity contribution in [1.82, 2.24) is 15.5 Å². The summed E-state index contributed by atoms with van der Waals surface area (Å²) in [4.78, 5) is 12.3. The summed E-state index contributed by atoms with van der Waals surface area (Å²) in [5.74, 6) is 0.817. The second-order valence-electron chi connectivity index (χ2n) is 2.03. The first-order valence-electron chi connectivity index (χ1n) is 3.59. The zero-order valence-corrected chi connectivity index (χ0v) is 7.76. The van der Waals surface area contributed by atoms with E-state index in [4.69, 9.17) is 15.3 Å². The molecule has 78 valence electrons. The molecule has 14 heavy (non-hydrogen) atoms. The first-order valence-corrected chi connectivity index (χ1v) is 3.59. The van der Waals surface area contributed by atoms with Gasteiger partial charge in [-0.25, -0.2) is 0 Å². The molecule has 0 amide bonds. The minimum absolute atomic E-state index is 0.817. The Bertz CT molecular complexity index is 290. The van der Waals surface area contributed by atoms with Crippen LogP contribution in [-0.4, -0.2) is 40.4 Å². The minimum atomic E-state index is -1.50. The molecule has 0 saturated heterocycles. The van der Waals surface area contributed by atoms with E-state index in [2.05, 4.69) is 20.5 Å². The number of nitrogens with one attached hydrogen (secondary N) is 2. The van der Waals surface area contributed by atoms with Gasteiger partial charge in [0.05, 0.1) is 5.69 Å². The van der Waals surface area contributed by atoms with Crippen LogP contribution in [0.2, 0.25) is 0 Å². The second-order valence-corrected chi connectivity index (χ2v) is 2.03. The third-order valence-electron chi connectivity index (χ3n) is 1.22. The number of amidine groups is 1. The van der Waals surface area contributed by atoms with Gasteiger partial charge in [0.1, 0.15) is 5.84 Å². The van der Waals surface area contributed by atoms with Gasteiger partial charge in [0.2, 0.25) is 0 Å². The fourth-order valence-electron chi connectivity index (χ4n) is 0.755. The highest BCUT2D eigenvalue weighted by atomic mass is 16.9. The molecule has 0 fully saturated rings. The van der Waals surface area contributed by atoms with Crippen LogP contribution in [0.4, 0.5) is 0 Å². The summed E-state index contributed by atoms with van der Waals surface area (Å²) >= 11 is 0. The molecular formula is C6H11N5O3. The van der Waals surface area contributed by atoms with Gasteiger partial charge in [0.15, 0.2) is 0 Å². The molecule has 8 heteroatoms. The van der Waals surface area contributed by atoms with Crippen LogP contribution in [-0.2, 0) is 0 Å². The number of aromatic nitrogens is 2. The second kappa shape index (κ2) is 6.40. The molecule has 0 saturated carbocycles. The maximum absolute atomic E-state index is 8.36. The van der Waals surface area contributed by atoms with Gasteiger partial charge in [-0.2, -0.15) is 5.10 Å². The van der Waals surface area contributed by atoms with Crippen molar-refractivity contribution in [2.75, 3.05) is 14.1 Å². The summed E-state index contributed by atoms with van der Waals surface area (Å²) in [5, 5.41) is 23.2. The van der Waals surface area contributed by atoms with Crippen molar-refractivity contribution in [3.8, 4) is 0 Å². The number of aromatic amines is 1. The molecule has 0 aliphatic heterocycles. The molecule has 0 bridgehead atoms. The molecule has 0 aliphatic carbocycles. The molecule has 0 aromatic carbocycles. The van der Waals surface area contributed by atoms with E-state index in [1.807, 2.05) is 13.1 Å². The Morgan fingerprint density at radius 3 is 2.71 bits per heavy atom. The highest BCUT2D eigenvalue weighted by Gasteiger charge is 1.97. The van der Waals surface area contributed by atoms with Crippen LogP contribution < -0.4 is 5.32 Å². The van der Waals surface area contributed by atoms with Crippen molar-refractivity contribution >= 4 is 5.84 Å². The lowest BCUT2D eigenvalue weighted by Crippen LogP contribution is -2.19. The van der Waals surface area contributed by atoms with E-state index in [0.29, 0.717) is 0 Å². The van der Waals surface area contributed by atoms with E-state index in [1.165, 1.54) is 0 Å². The molecule has 0 aliphatic rings. The van der Waals surface area contributed by atoms with Crippen LogP contribution in [0.1, 0.15) is 5.69 Å². The van der Waals surface area contributed by atoms with Gasteiger partial charge in [0, 0.05) is 20.3 Å². The highest BCUT2D eigenvalue weighted by Crippen LogP contribution is 1.90. The third-order valence-corrected chi connectivity index (χ3v) is 1.22. The monoisotopic (exact) mass is 201 g/mol. The Kier molecular flexibility index (Phi) is 5.43. The summed E-state index contributed by atoms with van der Waals surface area (Å²) < 4.78 is 0. The van der Waals surface area contributed by atoms with Crippen molar-refractivity contribution in [1.29, 1.82) is 0 Å². The van der Waals surface area contributed by atoms with Crippen molar-refractivity contribution in [2.45, 2.75) is 0 Å². The Hall–Kier alpha value is -2.12. The van der Waals surface area contributed by atoms with Crippen LogP contribution >= 0.6 is 0 Å². The molecule has 0 unspecified atom stereocenters. The lowest BCUT2D eigenvalue weighted by Gasteiger charge is -1.98. The van der Waals surface area contributed by atoms with Gasteiger partial charge in [0.25, 0.3) is 5.09 Å². The molecule has 1 rings (SSSR count). The van der Waals surface area contributed by atoms with E-state index in [9.17, 15) is 0 Å². The summed E-state index contributed by atoms with van der Waals surface area (Å²) in [6.45, 7) is 0. The number of hydrogen-bond donors (Lipinski definition) is 3. The van der Waals surface area contributed by atoms with Crippen LogP contribution in [0.3, 0.4) is 0 Å². The van der Waals surface area contributed by atoms with Gasteiger partial charge in [-0.1, -0.05) is 0 Å². The average Bonchev–Trinajstić information content (AvgIpc) is 2.58. The van der Waals surface area contributed by atoms with E-state index in [-0.39, 0.29) is 0 Å². The lowest BCUT2D eigenvalue weighted by molar-refractivity contribution is -0.742. The Balaban J connectivity index is 0.000000364. The Morgan fingerprint density at radius 2 is 2.43 bits per heavy atom. The molecule has 3 N–H and O–H groups in total. The van der Waals surface area contributed by atoms with Gasteiger partial charge in [-0.3, -0.25) is 10.1 Å². The molecule has 0 radical (unpaired) electrons. The molecule has 8 nitrogen and oxygen atoms in total. The predicted octanol–water partition coefficient (Wildman–Crippen LogP) is -0.342. The summed E-state index contributed by atoms with van der Waals surface area (Å²) in [5.41, 5.74) is 0.907. The standard InChI is InChI=1S/C6H10N4.HNO3/c1-7-6(8-2)5-3-4-9-10-5;2-1(3)4/h3-4H,1-2H3,(H,7,8)(H,9,10);(H,2,3,4). The number of aliphatic imine (C=N–C) groups is 1. The largest absolute Gasteiger partial charge is 0.372 e. The van der Waals surface area contributed by atoms with Crippen LogP contribution in [0.25, 0.3) is 0 Å². The van der Waals surface area contributed by atoms with Crippen molar-refractivity contribution < 1.29 is 10.3 Å². The van der Waals surface area contributed by atoms with Crippen molar-refractivity contribution in [3.05, 3.63) is 28.1 Å². The van der Waals surface area contributed by atoms with E-state index >= 15 is 0 Å². The normalized spacial score (nSPS) is 10.0.